The van der Waals surface area contributed by atoms with E-state index in [1.54, 1.807) is 52.3 Å². The third-order valence-electron chi connectivity index (χ3n) is 13.6. The molecule has 2 aliphatic carbocycles. The minimum absolute atomic E-state index is 0.00708. The number of carbonyl (C=O) groups excluding carboxylic acids is 10. The topological polar surface area (TPSA) is 240 Å². The Kier molecular flexibility index (Phi) is 29.7. The van der Waals surface area contributed by atoms with Crippen LogP contribution in [0.3, 0.4) is 0 Å². The Labute approximate surface area is 489 Å². The molecule has 5 heterocycles. The van der Waals surface area contributed by atoms with Crippen molar-refractivity contribution in [3.63, 3.8) is 0 Å². The monoisotopic (exact) mass is 1200 g/mol. The van der Waals surface area contributed by atoms with Gasteiger partial charge in [-0.15, -0.1) is 0 Å². The standard InChI is InChI=1S/C16H24N2O2S.C10H16N2O4S.2C9H14N2O3S.C6H8N2O2S/c19-14-11-15(20)18(13-9-5-2-6-10-13)16(21)17(14)12-7-3-1-4-8-12;1-15-5-3-11-8(13)7-9(14)12(10(11)17)4-6-16-2;2*1-3-10-7(12)6-8(13)11(9(10)15)4-5-14-2;1-7-4(9)3-5(10)8(2)6(7)11/h12-13H,1-11H2;3-7H2,1-2H3;2*3-6H2,1-2H3;3H2,1-2H3. The fraction of sp³-hybridized carbons (Fsp3) is 0.700. The van der Waals surface area contributed by atoms with Gasteiger partial charge in [0.1, 0.15) is 32.1 Å². The van der Waals surface area contributed by atoms with Gasteiger partial charge < -0.3 is 18.9 Å². The molecule has 440 valence electrons. The van der Waals surface area contributed by atoms with Gasteiger partial charge >= 0.3 is 0 Å². The van der Waals surface area contributed by atoms with Crippen LogP contribution in [0.4, 0.5) is 0 Å². The molecule has 0 unspecified atom stereocenters. The molecule has 0 aromatic carbocycles. The molecule has 0 N–H and O–H groups in total. The first-order valence-corrected chi connectivity index (χ1v) is 28.3. The second-order valence-corrected chi connectivity index (χ2v) is 20.6. The van der Waals surface area contributed by atoms with Gasteiger partial charge in [0, 0.05) is 67.7 Å². The van der Waals surface area contributed by atoms with Crippen molar-refractivity contribution in [2.24, 2.45) is 0 Å². The van der Waals surface area contributed by atoms with Crippen molar-refractivity contribution < 1.29 is 66.9 Å². The van der Waals surface area contributed by atoms with Crippen LogP contribution in [0, 0.1) is 0 Å². The highest BCUT2D eigenvalue weighted by molar-refractivity contribution is 7.81. The number of amides is 10. The molecule has 0 aromatic heterocycles. The molecule has 5 aliphatic heterocycles. The van der Waals surface area contributed by atoms with Crippen molar-refractivity contribution in [1.29, 1.82) is 0 Å². The van der Waals surface area contributed by atoms with Crippen molar-refractivity contribution in [3.05, 3.63) is 0 Å². The number of ether oxygens (including phenoxy) is 4. The zero-order chi connectivity index (χ0) is 59.1. The molecule has 10 amide bonds. The van der Waals surface area contributed by atoms with E-state index in [9.17, 15) is 47.9 Å². The number of methoxy groups -OCH3 is 4. The van der Waals surface area contributed by atoms with Gasteiger partial charge in [0.2, 0.25) is 59.1 Å². The highest BCUT2D eigenvalue weighted by atomic mass is 32.1. The summed E-state index contributed by atoms with van der Waals surface area (Å²) in [6.45, 7) is 7.78. The molecule has 79 heavy (non-hydrogen) atoms. The Balaban J connectivity index is 0.000000264. The summed E-state index contributed by atoms with van der Waals surface area (Å²) in [5.41, 5.74) is 0. The Morgan fingerprint density at radius 1 is 0.342 bits per heavy atom. The van der Waals surface area contributed by atoms with Crippen LogP contribution in [0.15, 0.2) is 0 Å². The number of hydrogen-bond acceptors (Lipinski definition) is 19. The summed E-state index contributed by atoms with van der Waals surface area (Å²) >= 11 is 25.7. The van der Waals surface area contributed by atoms with Gasteiger partial charge in [0.15, 0.2) is 25.6 Å². The van der Waals surface area contributed by atoms with Gasteiger partial charge in [0.25, 0.3) is 0 Å². The van der Waals surface area contributed by atoms with Crippen LogP contribution in [-0.4, -0.2) is 254 Å². The molecular weight excluding hydrogens is 1120 g/mol. The van der Waals surface area contributed by atoms with Gasteiger partial charge in [-0.05, 0) is 101 Å². The maximum absolute atomic E-state index is 12.3. The molecule has 0 atom stereocenters. The van der Waals surface area contributed by atoms with Gasteiger partial charge in [-0.3, -0.25) is 96.9 Å². The van der Waals surface area contributed by atoms with E-state index in [0.29, 0.717) is 70.8 Å². The number of thiocarbonyl (C=S) groups is 5. The Bertz CT molecular complexity index is 2160. The van der Waals surface area contributed by atoms with E-state index >= 15 is 0 Å². The first-order chi connectivity index (χ1) is 37.6. The van der Waals surface area contributed by atoms with Crippen molar-refractivity contribution in [3.8, 4) is 0 Å². The van der Waals surface area contributed by atoms with E-state index in [1.165, 1.54) is 52.0 Å². The summed E-state index contributed by atoms with van der Waals surface area (Å²) in [6.07, 6.45) is 10.8. The fourth-order valence-corrected chi connectivity index (χ4v) is 11.0. The lowest BCUT2D eigenvalue weighted by Crippen LogP contribution is -2.61. The Morgan fingerprint density at radius 3 is 0.848 bits per heavy atom. The van der Waals surface area contributed by atoms with Crippen LogP contribution >= 0.6 is 61.1 Å². The molecular formula is C50H76N10O14S5. The fourth-order valence-electron chi connectivity index (χ4n) is 9.10. The summed E-state index contributed by atoms with van der Waals surface area (Å²) in [5, 5.41) is 1.58. The van der Waals surface area contributed by atoms with Crippen LogP contribution in [-0.2, 0) is 66.9 Å². The molecule has 0 radical (unpaired) electrons. The van der Waals surface area contributed by atoms with Gasteiger partial charge in [0.05, 0.1) is 52.6 Å². The van der Waals surface area contributed by atoms with E-state index in [1.807, 2.05) is 13.8 Å². The smallest absolute Gasteiger partial charge is 0.238 e. The summed E-state index contributed by atoms with van der Waals surface area (Å²) in [4.78, 5) is 130. The van der Waals surface area contributed by atoms with Crippen LogP contribution in [0.2, 0.25) is 0 Å². The summed E-state index contributed by atoms with van der Waals surface area (Å²) in [5.74, 6) is -2.11. The Morgan fingerprint density at radius 2 is 0.582 bits per heavy atom. The van der Waals surface area contributed by atoms with Crippen molar-refractivity contribution in [2.75, 3.05) is 108 Å². The summed E-state index contributed by atoms with van der Waals surface area (Å²) < 4.78 is 19.6. The van der Waals surface area contributed by atoms with Crippen molar-refractivity contribution >= 4 is 146 Å². The van der Waals surface area contributed by atoms with Crippen LogP contribution in [0.1, 0.15) is 110 Å². The van der Waals surface area contributed by atoms with E-state index < -0.39 is 0 Å². The highest BCUT2D eigenvalue weighted by Crippen LogP contribution is 2.31. The predicted molar refractivity (Wildman–Crippen MR) is 308 cm³/mol. The zero-order valence-corrected chi connectivity index (χ0v) is 50.6. The lowest BCUT2D eigenvalue weighted by molar-refractivity contribution is -0.144. The maximum Gasteiger partial charge on any atom is 0.238 e. The molecule has 5 saturated heterocycles. The first kappa shape index (κ1) is 68.3. The lowest BCUT2D eigenvalue weighted by Gasteiger charge is -2.44. The Hall–Kier alpha value is -5.01. The predicted octanol–water partition coefficient (Wildman–Crippen LogP) is 2.21. The number of nitrogens with zero attached hydrogens (tertiary/aromatic N) is 10. The van der Waals surface area contributed by atoms with Crippen LogP contribution in [0.25, 0.3) is 0 Å². The van der Waals surface area contributed by atoms with Crippen LogP contribution < -0.4 is 0 Å². The highest BCUT2D eigenvalue weighted by Gasteiger charge is 2.43. The molecule has 7 rings (SSSR count). The summed E-state index contributed by atoms with van der Waals surface area (Å²) in [7, 11) is 9.33. The van der Waals surface area contributed by atoms with Gasteiger partial charge in [-0.1, -0.05) is 38.5 Å². The third kappa shape index (κ3) is 19.0. The molecule has 7 fully saturated rings. The zero-order valence-electron chi connectivity index (χ0n) is 46.6. The number of hydrogen-bond donors (Lipinski definition) is 0. The van der Waals surface area contributed by atoms with E-state index in [2.05, 4.69) is 0 Å². The maximum atomic E-state index is 12.3. The minimum atomic E-state index is -0.272. The second kappa shape index (κ2) is 34.3. The normalized spacial score (nSPS) is 20.1. The van der Waals surface area contributed by atoms with Crippen molar-refractivity contribution in [1.82, 2.24) is 49.0 Å². The molecule has 29 heteroatoms. The molecule has 0 aromatic rings. The molecule has 24 nitrogen and oxygen atoms in total. The SMILES string of the molecule is CCN1C(=O)CC(=O)N(CCOC)C1=S.CCN1C(=O)CC(=O)N(CCOC)C1=S.CN1C(=O)CC(=O)N(C)C1=S.COCCN1C(=O)CC(=O)N(CCOC)C1=S.O=C1CC(=O)N(C2CCCCC2)C(=S)N1C1CCCCC1. The molecule has 2 saturated carbocycles. The second-order valence-electron chi connectivity index (χ2n) is 18.7. The van der Waals surface area contributed by atoms with E-state index in [0.717, 1.165) is 51.4 Å². The third-order valence-corrected chi connectivity index (χ3v) is 15.8. The average molecular weight is 1200 g/mol. The first-order valence-electron chi connectivity index (χ1n) is 26.2. The number of carbonyl (C=O) groups is 10. The van der Waals surface area contributed by atoms with Crippen molar-refractivity contribution in [2.45, 2.75) is 122 Å². The molecule has 0 bridgehead atoms. The van der Waals surface area contributed by atoms with E-state index in [-0.39, 0.29) is 124 Å². The molecule has 7 aliphatic rings. The quantitative estimate of drug-likeness (QED) is 0.159. The largest absolute Gasteiger partial charge is 0.383 e. The summed E-state index contributed by atoms with van der Waals surface area (Å²) in [6, 6.07) is 0.441. The van der Waals surface area contributed by atoms with Gasteiger partial charge in [-0.2, -0.15) is 0 Å². The van der Waals surface area contributed by atoms with E-state index in [4.69, 9.17) is 80.0 Å². The molecule has 0 spiro atoms. The lowest BCUT2D eigenvalue weighted by atomic mass is 9.92. The van der Waals surface area contributed by atoms with Gasteiger partial charge in [-0.25, -0.2) is 0 Å². The minimum Gasteiger partial charge on any atom is -0.383 e. The average Bonchev–Trinajstić information content (AvgIpc) is 3.46. The van der Waals surface area contributed by atoms with Crippen LogP contribution in [0.5, 0.6) is 0 Å². The number of rotatable bonds is 16.